The molecule has 0 saturated heterocycles. The molecule has 0 bridgehead atoms. The molecule has 0 spiro atoms. The maximum atomic E-state index is 12.7. The smallest absolute Gasteiger partial charge is 0.271 e. The van der Waals surface area contributed by atoms with Gasteiger partial charge in [0.2, 0.25) is 0 Å². The summed E-state index contributed by atoms with van der Waals surface area (Å²) in [6.07, 6.45) is 4.19. The van der Waals surface area contributed by atoms with E-state index in [4.69, 9.17) is 4.74 Å². The van der Waals surface area contributed by atoms with Gasteiger partial charge in [0, 0.05) is 17.0 Å². The molecule has 1 amide bonds. The highest BCUT2D eigenvalue weighted by Crippen LogP contribution is 2.22. The van der Waals surface area contributed by atoms with Crippen LogP contribution in [0.1, 0.15) is 43.0 Å². The highest BCUT2D eigenvalue weighted by atomic mass is 32.2. The van der Waals surface area contributed by atoms with E-state index in [0.29, 0.717) is 17.4 Å². The highest BCUT2D eigenvalue weighted by Gasteiger charge is 2.18. The van der Waals surface area contributed by atoms with E-state index in [0.717, 1.165) is 25.0 Å². The first-order valence-corrected chi connectivity index (χ1v) is 11.0. The van der Waals surface area contributed by atoms with E-state index in [1.54, 1.807) is 30.3 Å². The average molecular weight is 416 g/mol. The summed E-state index contributed by atoms with van der Waals surface area (Å²) < 4.78 is 32.9. The molecule has 2 N–H and O–H groups in total. The lowest BCUT2D eigenvalue weighted by atomic mass is 9.89. The van der Waals surface area contributed by atoms with Crippen LogP contribution < -0.4 is 14.9 Å². The molecule has 1 aliphatic carbocycles. The van der Waals surface area contributed by atoms with Crippen LogP contribution in [0.5, 0.6) is 5.75 Å². The second-order valence-electron chi connectivity index (χ2n) is 7.05. The normalized spacial score (nSPS) is 18.3. The van der Waals surface area contributed by atoms with Crippen molar-refractivity contribution in [2.75, 3.05) is 11.8 Å². The minimum absolute atomic E-state index is 0.000319. The van der Waals surface area contributed by atoms with Gasteiger partial charge < -0.3 is 4.74 Å². The van der Waals surface area contributed by atoms with Gasteiger partial charge in [-0.25, -0.2) is 13.8 Å². The third-order valence-electron chi connectivity index (χ3n) is 4.94. The number of hydrogen-bond acceptors (Lipinski definition) is 5. The molecule has 0 heterocycles. The first-order chi connectivity index (χ1) is 13.9. The number of carbonyl (C=O) groups is 1. The molecule has 1 atom stereocenters. The molecule has 0 aromatic heterocycles. The summed E-state index contributed by atoms with van der Waals surface area (Å²) in [6, 6.07) is 12.4. The number of nitrogens with zero attached hydrogens (tertiary/aromatic N) is 1. The average Bonchev–Trinajstić information content (AvgIpc) is 2.73. The van der Waals surface area contributed by atoms with Gasteiger partial charge in [-0.15, -0.1) is 0 Å². The molecule has 0 radical (unpaired) electrons. The van der Waals surface area contributed by atoms with Gasteiger partial charge in [0.25, 0.3) is 15.9 Å². The van der Waals surface area contributed by atoms with E-state index in [1.807, 2.05) is 0 Å². The Morgan fingerprint density at radius 1 is 1.14 bits per heavy atom. The van der Waals surface area contributed by atoms with Crippen molar-refractivity contribution in [3.05, 3.63) is 54.1 Å². The van der Waals surface area contributed by atoms with E-state index in [2.05, 4.69) is 22.2 Å². The zero-order valence-electron chi connectivity index (χ0n) is 16.5. The lowest BCUT2D eigenvalue weighted by Gasteiger charge is -2.19. The Morgan fingerprint density at radius 3 is 2.59 bits per heavy atom. The van der Waals surface area contributed by atoms with Crippen LogP contribution in [0.3, 0.4) is 0 Å². The van der Waals surface area contributed by atoms with Gasteiger partial charge in [-0.2, -0.15) is 5.10 Å². The van der Waals surface area contributed by atoms with Gasteiger partial charge in [-0.05, 0) is 67.6 Å². The summed E-state index contributed by atoms with van der Waals surface area (Å²) in [5.74, 6) is 0.543. The number of anilines is 1. The van der Waals surface area contributed by atoms with Gasteiger partial charge >= 0.3 is 0 Å². The van der Waals surface area contributed by atoms with Crippen molar-refractivity contribution in [2.45, 2.75) is 37.5 Å². The van der Waals surface area contributed by atoms with E-state index in [1.165, 1.54) is 31.7 Å². The Balaban J connectivity index is 1.73. The van der Waals surface area contributed by atoms with E-state index in [9.17, 15) is 13.2 Å². The number of methoxy groups -OCH3 is 1. The predicted molar refractivity (Wildman–Crippen MR) is 113 cm³/mol. The SMILES string of the molecule is COc1ccc(NS(=O)(=O)c2cccc(C(=O)N/N=C3\CCCCC3C)c2)cc1. The third-order valence-corrected chi connectivity index (χ3v) is 6.32. The topological polar surface area (TPSA) is 96.9 Å². The van der Waals surface area contributed by atoms with E-state index in [-0.39, 0.29) is 10.5 Å². The predicted octanol–water partition coefficient (Wildman–Crippen LogP) is 3.79. The van der Waals surface area contributed by atoms with Crippen LogP contribution in [-0.4, -0.2) is 27.1 Å². The number of hydrogen-bond donors (Lipinski definition) is 2. The lowest BCUT2D eigenvalue weighted by Crippen LogP contribution is -2.24. The molecule has 2 aromatic rings. The van der Waals surface area contributed by atoms with Crippen molar-refractivity contribution in [1.29, 1.82) is 0 Å². The number of amides is 1. The Morgan fingerprint density at radius 2 is 1.90 bits per heavy atom. The van der Waals surface area contributed by atoms with Crippen molar-refractivity contribution < 1.29 is 17.9 Å². The van der Waals surface area contributed by atoms with Crippen LogP contribution in [0, 0.1) is 5.92 Å². The van der Waals surface area contributed by atoms with Crippen molar-refractivity contribution in [1.82, 2.24) is 5.43 Å². The largest absolute Gasteiger partial charge is 0.497 e. The fourth-order valence-corrected chi connectivity index (χ4v) is 4.30. The van der Waals surface area contributed by atoms with Crippen LogP contribution in [0.4, 0.5) is 5.69 Å². The second-order valence-corrected chi connectivity index (χ2v) is 8.74. The second kappa shape index (κ2) is 9.09. The van der Waals surface area contributed by atoms with Gasteiger partial charge in [-0.1, -0.05) is 19.4 Å². The molecule has 1 saturated carbocycles. The number of ether oxygens (including phenoxy) is 1. The standard InChI is InChI=1S/C21H25N3O4S/c1-15-6-3-4-9-20(15)22-23-21(25)16-7-5-8-19(14-16)29(26,27)24-17-10-12-18(28-2)13-11-17/h5,7-8,10-15,24H,3-4,6,9H2,1-2H3,(H,23,25)/b22-20+. The van der Waals surface area contributed by atoms with Crippen LogP contribution in [0.15, 0.2) is 58.5 Å². The zero-order chi connectivity index (χ0) is 20.9. The molecule has 7 nitrogen and oxygen atoms in total. The lowest BCUT2D eigenvalue weighted by molar-refractivity contribution is 0.0954. The van der Waals surface area contributed by atoms with Gasteiger partial charge in [0.05, 0.1) is 12.0 Å². The third kappa shape index (κ3) is 5.35. The first kappa shape index (κ1) is 20.9. The van der Waals surface area contributed by atoms with Crippen molar-refractivity contribution in [3.63, 3.8) is 0 Å². The first-order valence-electron chi connectivity index (χ1n) is 9.53. The summed E-state index contributed by atoms with van der Waals surface area (Å²) >= 11 is 0. The maximum absolute atomic E-state index is 12.7. The fourth-order valence-electron chi connectivity index (χ4n) is 3.20. The molecule has 1 unspecified atom stereocenters. The number of hydrazone groups is 1. The molecule has 1 fully saturated rings. The van der Waals surface area contributed by atoms with Gasteiger partial charge in [-0.3, -0.25) is 9.52 Å². The molecule has 1 aliphatic rings. The number of benzene rings is 2. The number of rotatable bonds is 6. The number of sulfonamides is 1. The van der Waals surface area contributed by atoms with Gasteiger partial charge in [0.15, 0.2) is 0 Å². The van der Waals surface area contributed by atoms with E-state index >= 15 is 0 Å². The Kier molecular flexibility index (Phi) is 6.53. The number of carbonyl (C=O) groups excluding carboxylic acids is 1. The Hall–Kier alpha value is -2.87. The van der Waals surface area contributed by atoms with Crippen LogP contribution >= 0.6 is 0 Å². The molecular formula is C21H25N3O4S. The molecule has 0 aliphatic heterocycles. The molecule has 2 aromatic carbocycles. The number of nitrogens with one attached hydrogen (secondary N) is 2. The van der Waals surface area contributed by atoms with Crippen molar-refractivity contribution >= 4 is 27.3 Å². The molecule has 8 heteroatoms. The maximum Gasteiger partial charge on any atom is 0.271 e. The van der Waals surface area contributed by atoms with E-state index < -0.39 is 15.9 Å². The summed E-state index contributed by atoms with van der Waals surface area (Å²) in [5, 5.41) is 4.26. The molecule has 154 valence electrons. The monoisotopic (exact) mass is 415 g/mol. The van der Waals surface area contributed by atoms with Crippen LogP contribution in [-0.2, 0) is 10.0 Å². The molecule has 29 heavy (non-hydrogen) atoms. The summed E-state index contributed by atoms with van der Waals surface area (Å²) in [4.78, 5) is 12.5. The Bertz CT molecular complexity index is 1000. The van der Waals surface area contributed by atoms with Crippen LogP contribution in [0.2, 0.25) is 0 Å². The van der Waals surface area contributed by atoms with Crippen molar-refractivity contribution in [3.8, 4) is 5.75 Å². The Labute approximate surface area is 171 Å². The van der Waals surface area contributed by atoms with Crippen molar-refractivity contribution in [2.24, 2.45) is 11.0 Å². The highest BCUT2D eigenvalue weighted by molar-refractivity contribution is 7.92. The zero-order valence-corrected chi connectivity index (χ0v) is 17.3. The quantitative estimate of drug-likeness (QED) is 0.702. The minimum atomic E-state index is -3.84. The molecule has 3 rings (SSSR count). The van der Waals surface area contributed by atoms with Crippen LogP contribution in [0.25, 0.3) is 0 Å². The summed E-state index contributed by atoms with van der Waals surface area (Å²) in [6.45, 7) is 2.10. The fraction of sp³-hybridized carbons (Fsp3) is 0.333. The summed E-state index contributed by atoms with van der Waals surface area (Å²) in [5.41, 5.74) is 4.17. The summed E-state index contributed by atoms with van der Waals surface area (Å²) in [7, 11) is -2.30. The minimum Gasteiger partial charge on any atom is -0.497 e. The molecular weight excluding hydrogens is 390 g/mol. The van der Waals surface area contributed by atoms with Gasteiger partial charge in [0.1, 0.15) is 5.75 Å².